The van der Waals surface area contributed by atoms with Gasteiger partial charge in [-0.15, -0.1) is 0 Å². The average Bonchev–Trinajstić information content (AvgIpc) is 2.35. The maximum Gasteiger partial charge on any atom is 0.307 e. The molecular weight excluding hydrogens is 222 g/mol. The van der Waals surface area contributed by atoms with Crippen LogP contribution in [0.4, 0.5) is 0 Å². The Labute approximate surface area is 101 Å². The predicted molar refractivity (Wildman–Crippen MR) is 62.4 cm³/mol. The van der Waals surface area contributed by atoms with Crippen LogP contribution in [-0.2, 0) is 9.59 Å². The zero-order chi connectivity index (χ0) is 12.8. The van der Waals surface area contributed by atoms with Crippen molar-refractivity contribution >= 4 is 11.9 Å². The molecule has 3 N–H and O–H groups in total. The summed E-state index contributed by atoms with van der Waals surface area (Å²) in [7, 11) is 0. The molecule has 5 heteroatoms. The molecule has 0 aromatic carbocycles. The quantitative estimate of drug-likeness (QED) is 0.665. The smallest absolute Gasteiger partial charge is 0.307 e. The molecule has 0 radical (unpaired) electrons. The van der Waals surface area contributed by atoms with Crippen molar-refractivity contribution in [3.8, 4) is 0 Å². The molecule has 0 aromatic rings. The Balaban J connectivity index is 2.50. The number of hydrogen-bond acceptors (Lipinski definition) is 3. The van der Waals surface area contributed by atoms with E-state index in [4.69, 9.17) is 5.11 Å². The lowest BCUT2D eigenvalue weighted by atomic mass is 9.78. The number of amides is 1. The fourth-order valence-corrected chi connectivity index (χ4v) is 2.23. The van der Waals surface area contributed by atoms with Crippen molar-refractivity contribution in [2.45, 2.75) is 45.1 Å². The van der Waals surface area contributed by atoms with Crippen LogP contribution in [0, 0.1) is 11.8 Å². The number of aliphatic hydroxyl groups is 1. The molecular formula is C12H21NO4. The minimum atomic E-state index is -0.888. The summed E-state index contributed by atoms with van der Waals surface area (Å²) in [5.41, 5.74) is 0. The second-order valence-corrected chi connectivity index (χ2v) is 4.64. The first kappa shape index (κ1) is 14.0. The number of aliphatic hydroxyl groups excluding tert-OH is 1. The molecule has 1 fully saturated rings. The Morgan fingerprint density at radius 2 is 1.88 bits per heavy atom. The van der Waals surface area contributed by atoms with E-state index in [1.807, 2.05) is 6.92 Å². The van der Waals surface area contributed by atoms with Gasteiger partial charge in [0.15, 0.2) is 0 Å². The van der Waals surface area contributed by atoms with Gasteiger partial charge in [0, 0.05) is 6.54 Å². The van der Waals surface area contributed by atoms with E-state index in [0.717, 1.165) is 12.8 Å². The number of nitrogens with one attached hydrogen (secondary N) is 1. The number of hydrogen-bond donors (Lipinski definition) is 3. The number of carbonyl (C=O) groups excluding carboxylic acids is 1. The van der Waals surface area contributed by atoms with E-state index in [2.05, 4.69) is 5.32 Å². The standard InChI is InChI=1S/C12H21NO4/c1-2-8(14)7-13-11(15)9-5-3-4-6-10(9)12(16)17/h8-10,14H,2-7H2,1H3,(H,13,15)(H,16,17). The molecule has 0 aliphatic heterocycles. The lowest BCUT2D eigenvalue weighted by Crippen LogP contribution is -2.42. The summed E-state index contributed by atoms with van der Waals surface area (Å²) in [6, 6.07) is 0. The van der Waals surface area contributed by atoms with E-state index in [-0.39, 0.29) is 12.5 Å². The summed E-state index contributed by atoms with van der Waals surface area (Å²) < 4.78 is 0. The summed E-state index contributed by atoms with van der Waals surface area (Å²) in [5.74, 6) is -2.13. The topological polar surface area (TPSA) is 86.6 Å². The fraction of sp³-hybridized carbons (Fsp3) is 0.833. The Bertz CT molecular complexity index is 280. The Hall–Kier alpha value is -1.10. The summed E-state index contributed by atoms with van der Waals surface area (Å²) in [6.07, 6.45) is 3.00. The van der Waals surface area contributed by atoms with Crippen LogP contribution in [0.5, 0.6) is 0 Å². The van der Waals surface area contributed by atoms with Crippen LogP contribution in [0.3, 0.4) is 0 Å². The lowest BCUT2D eigenvalue weighted by Gasteiger charge is -2.27. The summed E-state index contributed by atoms with van der Waals surface area (Å²) >= 11 is 0. The molecule has 0 bridgehead atoms. The van der Waals surface area contributed by atoms with Crippen LogP contribution in [0.15, 0.2) is 0 Å². The maximum absolute atomic E-state index is 11.8. The van der Waals surface area contributed by atoms with E-state index in [0.29, 0.717) is 19.3 Å². The highest BCUT2D eigenvalue weighted by atomic mass is 16.4. The van der Waals surface area contributed by atoms with Gasteiger partial charge in [-0.2, -0.15) is 0 Å². The number of aliphatic carboxylic acids is 1. The van der Waals surface area contributed by atoms with Gasteiger partial charge in [-0.3, -0.25) is 9.59 Å². The van der Waals surface area contributed by atoms with Gasteiger partial charge in [0.2, 0.25) is 5.91 Å². The third kappa shape index (κ3) is 4.00. The van der Waals surface area contributed by atoms with Crippen molar-refractivity contribution in [3.05, 3.63) is 0 Å². The lowest BCUT2D eigenvalue weighted by molar-refractivity contribution is -0.149. The van der Waals surface area contributed by atoms with Crippen molar-refractivity contribution in [1.82, 2.24) is 5.32 Å². The van der Waals surface area contributed by atoms with Crippen LogP contribution in [-0.4, -0.2) is 34.7 Å². The van der Waals surface area contributed by atoms with Crippen molar-refractivity contribution < 1.29 is 19.8 Å². The average molecular weight is 243 g/mol. The summed E-state index contributed by atoms with van der Waals surface area (Å²) in [4.78, 5) is 22.9. The Morgan fingerprint density at radius 1 is 1.29 bits per heavy atom. The van der Waals surface area contributed by atoms with Crippen molar-refractivity contribution in [1.29, 1.82) is 0 Å². The zero-order valence-corrected chi connectivity index (χ0v) is 10.2. The van der Waals surface area contributed by atoms with Gasteiger partial charge in [-0.1, -0.05) is 19.8 Å². The molecule has 1 amide bonds. The Morgan fingerprint density at radius 3 is 2.41 bits per heavy atom. The molecule has 0 saturated heterocycles. The molecule has 0 spiro atoms. The second kappa shape index (κ2) is 6.59. The number of carboxylic acids is 1. The molecule has 1 aliphatic carbocycles. The first-order chi connectivity index (χ1) is 8.06. The van der Waals surface area contributed by atoms with E-state index in [1.54, 1.807) is 0 Å². The molecule has 1 rings (SSSR count). The molecule has 5 nitrogen and oxygen atoms in total. The second-order valence-electron chi connectivity index (χ2n) is 4.64. The van der Waals surface area contributed by atoms with E-state index < -0.39 is 23.9 Å². The first-order valence-electron chi connectivity index (χ1n) is 6.24. The monoisotopic (exact) mass is 243 g/mol. The molecule has 1 saturated carbocycles. The van der Waals surface area contributed by atoms with Gasteiger partial charge in [-0.25, -0.2) is 0 Å². The SMILES string of the molecule is CCC(O)CNC(=O)C1CCCCC1C(=O)O. The summed E-state index contributed by atoms with van der Waals surface area (Å²) in [5, 5.41) is 21.0. The summed E-state index contributed by atoms with van der Waals surface area (Å²) in [6.45, 7) is 2.04. The van der Waals surface area contributed by atoms with Gasteiger partial charge in [-0.05, 0) is 19.3 Å². The van der Waals surface area contributed by atoms with Gasteiger partial charge >= 0.3 is 5.97 Å². The number of rotatable bonds is 5. The molecule has 3 atom stereocenters. The van der Waals surface area contributed by atoms with Crippen LogP contribution in [0.1, 0.15) is 39.0 Å². The fourth-order valence-electron chi connectivity index (χ4n) is 2.23. The third-order valence-corrected chi connectivity index (χ3v) is 3.40. The van der Waals surface area contributed by atoms with Gasteiger partial charge in [0.25, 0.3) is 0 Å². The Kier molecular flexibility index (Phi) is 5.41. The molecule has 0 aromatic heterocycles. The normalized spacial score (nSPS) is 26.2. The van der Waals surface area contributed by atoms with Crippen molar-refractivity contribution in [2.75, 3.05) is 6.54 Å². The third-order valence-electron chi connectivity index (χ3n) is 3.40. The van der Waals surface area contributed by atoms with Crippen molar-refractivity contribution in [2.24, 2.45) is 11.8 Å². The number of carboxylic acid groups (broad SMARTS) is 1. The zero-order valence-electron chi connectivity index (χ0n) is 10.2. The van der Waals surface area contributed by atoms with Crippen LogP contribution >= 0.6 is 0 Å². The molecule has 3 unspecified atom stereocenters. The highest BCUT2D eigenvalue weighted by molar-refractivity contribution is 5.84. The van der Waals surface area contributed by atoms with E-state index in [1.165, 1.54) is 0 Å². The number of carbonyl (C=O) groups is 2. The molecule has 1 aliphatic rings. The van der Waals surface area contributed by atoms with E-state index >= 15 is 0 Å². The maximum atomic E-state index is 11.8. The highest BCUT2D eigenvalue weighted by Crippen LogP contribution is 2.30. The molecule has 17 heavy (non-hydrogen) atoms. The van der Waals surface area contributed by atoms with Crippen LogP contribution in [0.25, 0.3) is 0 Å². The van der Waals surface area contributed by atoms with Gasteiger partial charge in [0.1, 0.15) is 0 Å². The largest absolute Gasteiger partial charge is 0.481 e. The predicted octanol–water partition coefficient (Wildman–Crippen LogP) is 0.764. The van der Waals surface area contributed by atoms with Gasteiger partial charge < -0.3 is 15.5 Å². The van der Waals surface area contributed by atoms with Crippen LogP contribution in [0.2, 0.25) is 0 Å². The first-order valence-corrected chi connectivity index (χ1v) is 6.24. The highest BCUT2D eigenvalue weighted by Gasteiger charge is 2.35. The van der Waals surface area contributed by atoms with E-state index in [9.17, 15) is 14.7 Å². The van der Waals surface area contributed by atoms with Crippen LogP contribution < -0.4 is 5.32 Å². The molecule has 0 heterocycles. The minimum Gasteiger partial charge on any atom is -0.481 e. The van der Waals surface area contributed by atoms with Crippen molar-refractivity contribution in [3.63, 3.8) is 0 Å². The minimum absolute atomic E-state index is 0.207. The van der Waals surface area contributed by atoms with Gasteiger partial charge in [0.05, 0.1) is 17.9 Å². The molecule has 98 valence electrons.